The predicted molar refractivity (Wildman–Crippen MR) is 79.1 cm³/mol. The van der Waals surface area contributed by atoms with E-state index in [-0.39, 0.29) is 17.3 Å². The van der Waals surface area contributed by atoms with Crippen LogP contribution < -0.4 is 5.56 Å². The lowest BCUT2D eigenvalue weighted by Crippen LogP contribution is -2.15. The van der Waals surface area contributed by atoms with Gasteiger partial charge in [0, 0.05) is 11.5 Å². The molecule has 1 N–H and O–H groups in total. The van der Waals surface area contributed by atoms with E-state index in [1.807, 2.05) is 0 Å². The third-order valence-electron chi connectivity index (χ3n) is 3.82. The first kappa shape index (κ1) is 14.4. The molecule has 1 heterocycles. The molecule has 0 atom stereocenters. The van der Waals surface area contributed by atoms with Crippen LogP contribution in [0.4, 0.5) is 8.78 Å². The second-order valence-electron chi connectivity index (χ2n) is 5.22. The second kappa shape index (κ2) is 5.67. The zero-order valence-corrected chi connectivity index (χ0v) is 12.7. The molecular weight excluding hydrogens is 342 g/mol. The van der Waals surface area contributed by atoms with E-state index in [0.717, 1.165) is 37.8 Å². The van der Waals surface area contributed by atoms with Crippen LogP contribution in [0, 0.1) is 11.6 Å². The molecule has 1 aliphatic carbocycles. The van der Waals surface area contributed by atoms with Gasteiger partial charge < -0.3 is 4.98 Å². The molecule has 0 unspecified atom stereocenters. The Labute approximate surface area is 128 Å². The van der Waals surface area contributed by atoms with Gasteiger partial charge in [0.25, 0.3) is 5.56 Å². The van der Waals surface area contributed by atoms with Crippen molar-refractivity contribution >= 4 is 15.9 Å². The number of aromatic amines is 1. The highest BCUT2D eigenvalue weighted by atomic mass is 79.9. The Bertz CT molecular complexity index is 739. The van der Waals surface area contributed by atoms with Crippen LogP contribution in [-0.4, -0.2) is 9.97 Å². The third-order valence-corrected chi connectivity index (χ3v) is 4.59. The fourth-order valence-corrected chi connectivity index (χ4v) is 3.24. The van der Waals surface area contributed by atoms with Gasteiger partial charge >= 0.3 is 0 Å². The quantitative estimate of drug-likeness (QED) is 0.880. The molecule has 0 amide bonds. The topological polar surface area (TPSA) is 45.8 Å². The number of halogens is 3. The number of hydrogen-bond acceptors (Lipinski definition) is 2. The summed E-state index contributed by atoms with van der Waals surface area (Å²) in [6, 6.07) is 3.48. The van der Waals surface area contributed by atoms with Crippen LogP contribution in [0.2, 0.25) is 0 Å². The van der Waals surface area contributed by atoms with E-state index in [1.165, 1.54) is 6.07 Å². The zero-order chi connectivity index (χ0) is 15.0. The molecule has 1 aromatic carbocycles. The van der Waals surface area contributed by atoms with Gasteiger partial charge in [-0.1, -0.05) is 12.8 Å². The molecular formula is C15H13BrF2N2O. The van der Waals surface area contributed by atoms with Crippen molar-refractivity contribution < 1.29 is 8.78 Å². The van der Waals surface area contributed by atoms with Gasteiger partial charge in [0.05, 0.1) is 5.69 Å². The van der Waals surface area contributed by atoms with Gasteiger partial charge in [-0.2, -0.15) is 0 Å². The molecule has 1 fully saturated rings. The minimum atomic E-state index is -0.958. The highest BCUT2D eigenvalue weighted by Crippen LogP contribution is 2.36. The molecule has 1 aliphatic rings. The van der Waals surface area contributed by atoms with Gasteiger partial charge in [-0.05, 0) is 47.0 Å². The second-order valence-corrected chi connectivity index (χ2v) is 6.02. The normalized spacial score (nSPS) is 15.6. The molecule has 0 radical (unpaired) electrons. The Morgan fingerprint density at radius 1 is 1.19 bits per heavy atom. The van der Waals surface area contributed by atoms with Crippen LogP contribution in [0.25, 0.3) is 11.4 Å². The van der Waals surface area contributed by atoms with E-state index in [2.05, 4.69) is 25.9 Å². The first-order valence-electron chi connectivity index (χ1n) is 6.81. The van der Waals surface area contributed by atoms with Crippen molar-refractivity contribution in [2.24, 2.45) is 0 Å². The Morgan fingerprint density at radius 3 is 2.57 bits per heavy atom. The fourth-order valence-electron chi connectivity index (χ4n) is 2.73. The standard InChI is InChI=1S/C15H13BrF2N2O/c16-12-13(8-3-1-2-4-8)19-14(20-15(12)21)9-5-6-10(17)11(18)7-9/h5-8H,1-4H2,(H,19,20,21). The summed E-state index contributed by atoms with van der Waals surface area (Å²) >= 11 is 3.28. The average molecular weight is 355 g/mol. The van der Waals surface area contributed by atoms with E-state index in [4.69, 9.17) is 0 Å². The van der Waals surface area contributed by atoms with Gasteiger partial charge in [-0.3, -0.25) is 4.79 Å². The van der Waals surface area contributed by atoms with E-state index in [1.54, 1.807) is 0 Å². The smallest absolute Gasteiger partial charge is 0.265 e. The maximum atomic E-state index is 13.3. The maximum absolute atomic E-state index is 13.3. The van der Waals surface area contributed by atoms with Gasteiger partial charge in [-0.15, -0.1) is 0 Å². The van der Waals surface area contributed by atoms with Crippen LogP contribution in [0.1, 0.15) is 37.3 Å². The number of nitrogens with one attached hydrogen (secondary N) is 1. The molecule has 0 bridgehead atoms. The Morgan fingerprint density at radius 2 is 1.90 bits per heavy atom. The van der Waals surface area contributed by atoms with Gasteiger partial charge in [-0.25, -0.2) is 13.8 Å². The molecule has 2 aromatic rings. The molecule has 3 rings (SSSR count). The molecule has 21 heavy (non-hydrogen) atoms. The molecule has 110 valence electrons. The lowest BCUT2D eigenvalue weighted by Gasteiger charge is -2.12. The minimum Gasteiger partial charge on any atom is -0.306 e. The summed E-state index contributed by atoms with van der Waals surface area (Å²) in [6.07, 6.45) is 4.22. The van der Waals surface area contributed by atoms with Gasteiger partial charge in [0.15, 0.2) is 11.6 Å². The largest absolute Gasteiger partial charge is 0.306 e. The summed E-state index contributed by atoms with van der Waals surface area (Å²) in [4.78, 5) is 19.1. The molecule has 0 aliphatic heterocycles. The lowest BCUT2D eigenvalue weighted by atomic mass is 10.0. The number of rotatable bonds is 2. The van der Waals surface area contributed by atoms with Crippen molar-refractivity contribution in [3.8, 4) is 11.4 Å². The van der Waals surface area contributed by atoms with E-state index in [0.29, 0.717) is 15.7 Å². The highest BCUT2D eigenvalue weighted by molar-refractivity contribution is 9.10. The summed E-state index contributed by atoms with van der Waals surface area (Å²) in [7, 11) is 0. The summed E-state index contributed by atoms with van der Waals surface area (Å²) < 4.78 is 26.8. The van der Waals surface area contributed by atoms with Crippen molar-refractivity contribution in [2.45, 2.75) is 31.6 Å². The lowest BCUT2D eigenvalue weighted by molar-refractivity contribution is 0.509. The molecule has 0 saturated heterocycles. The molecule has 0 spiro atoms. The van der Waals surface area contributed by atoms with E-state index in [9.17, 15) is 13.6 Å². The summed E-state index contributed by atoms with van der Waals surface area (Å²) in [5.74, 6) is -1.37. The number of hydrogen-bond donors (Lipinski definition) is 1. The fraction of sp³-hybridized carbons (Fsp3) is 0.333. The van der Waals surface area contributed by atoms with Crippen LogP contribution in [0.5, 0.6) is 0 Å². The molecule has 6 heteroatoms. The van der Waals surface area contributed by atoms with Crippen molar-refractivity contribution in [3.05, 3.63) is 50.4 Å². The molecule has 3 nitrogen and oxygen atoms in total. The Kier molecular flexibility index (Phi) is 3.89. The van der Waals surface area contributed by atoms with Gasteiger partial charge in [0.2, 0.25) is 0 Å². The first-order valence-corrected chi connectivity index (χ1v) is 7.60. The monoisotopic (exact) mass is 354 g/mol. The van der Waals surface area contributed by atoms with E-state index >= 15 is 0 Å². The van der Waals surface area contributed by atoms with Crippen LogP contribution >= 0.6 is 15.9 Å². The maximum Gasteiger partial charge on any atom is 0.265 e. The number of nitrogens with zero attached hydrogens (tertiary/aromatic N) is 1. The van der Waals surface area contributed by atoms with Crippen LogP contribution in [0.15, 0.2) is 27.5 Å². The predicted octanol–water partition coefficient (Wildman–Crippen LogP) is 4.14. The summed E-state index contributed by atoms with van der Waals surface area (Å²) in [5, 5.41) is 0. The van der Waals surface area contributed by atoms with Crippen molar-refractivity contribution in [2.75, 3.05) is 0 Å². The molecule has 1 aromatic heterocycles. The van der Waals surface area contributed by atoms with Crippen molar-refractivity contribution in [3.63, 3.8) is 0 Å². The SMILES string of the molecule is O=c1[nH]c(-c2ccc(F)c(F)c2)nc(C2CCCC2)c1Br. The average Bonchev–Trinajstić information content (AvgIpc) is 2.98. The number of H-pyrrole nitrogens is 1. The number of benzene rings is 1. The minimum absolute atomic E-state index is 0.241. The number of aromatic nitrogens is 2. The zero-order valence-electron chi connectivity index (χ0n) is 11.1. The summed E-state index contributed by atoms with van der Waals surface area (Å²) in [6.45, 7) is 0. The highest BCUT2D eigenvalue weighted by Gasteiger charge is 2.23. The first-order chi connectivity index (χ1) is 10.1. The Hall–Kier alpha value is -1.56. The Balaban J connectivity index is 2.10. The van der Waals surface area contributed by atoms with Crippen LogP contribution in [-0.2, 0) is 0 Å². The van der Waals surface area contributed by atoms with Gasteiger partial charge in [0.1, 0.15) is 10.3 Å². The van der Waals surface area contributed by atoms with Crippen LogP contribution in [0.3, 0.4) is 0 Å². The third kappa shape index (κ3) is 2.77. The van der Waals surface area contributed by atoms with Crippen molar-refractivity contribution in [1.29, 1.82) is 0 Å². The van der Waals surface area contributed by atoms with Crippen molar-refractivity contribution in [1.82, 2.24) is 9.97 Å². The molecule has 1 saturated carbocycles. The summed E-state index contributed by atoms with van der Waals surface area (Å²) in [5.41, 5.74) is 0.764. The van der Waals surface area contributed by atoms with E-state index < -0.39 is 11.6 Å².